The maximum absolute atomic E-state index is 4.25. The van der Waals surface area contributed by atoms with E-state index in [0.717, 1.165) is 6.73 Å². The molecule has 0 saturated carbocycles. The second kappa shape index (κ2) is 2.12. The van der Waals surface area contributed by atoms with Crippen molar-refractivity contribution in [2.45, 2.75) is 0 Å². The lowest BCUT2D eigenvalue weighted by Crippen LogP contribution is -1.56. The zero-order valence-corrected chi connectivity index (χ0v) is 3.53. The van der Waals surface area contributed by atoms with Crippen molar-refractivity contribution in [1.29, 1.82) is 0 Å². The van der Waals surface area contributed by atoms with Gasteiger partial charge >= 0.3 is 0 Å². The summed E-state index contributed by atoms with van der Waals surface area (Å²) < 4.78 is 0. The Hall–Kier alpha value is -0.120. The highest BCUT2D eigenvalue weighted by Crippen LogP contribution is 1.70. The van der Waals surface area contributed by atoms with Crippen LogP contribution in [0.5, 0.6) is 0 Å². The maximum atomic E-state index is 4.25. The minimum Gasteiger partial charge on any atom is -0.314 e. The van der Waals surface area contributed by atoms with E-state index in [9.17, 15) is 0 Å². The molecule has 0 aliphatic carbocycles. The van der Waals surface area contributed by atoms with E-state index in [0.29, 0.717) is 0 Å². The van der Waals surface area contributed by atoms with Crippen LogP contribution in [-0.4, -0.2) is 19.8 Å². The molecule has 3 heteroatoms. The van der Waals surface area contributed by atoms with Gasteiger partial charge in [-0.1, -0.05) is 0 Å². The molecule has 36 valence electrons. The molecule has 2 N–H and O–H groups in total. The first-order valence-electron chi connectivity index (χ1n) is 2.05. The number of hydrogen-bond acceptors (Lipinski definition) is 3. The van der Waals surface area contributed by atoms with Crippen LogP contribution in [0.15, 0.2) is 0 Å². The minimum atomic E-state index is 0.750. The van der Waals surface area contributed by atoms with E-state index in [1.165, 1.54) is 13.1 Å². The Balaban J connectivity index is 0.0000000600. The molecule has 0 bridgehead atoms. The van der Waals surface area contributed by atoms with Crippen LogP contribution in [0.1, 0.15) is 0 Å². The molecule has 0 atom stereocenters. The topological polar surface area (TPSA) is 56.4 Å². The van der Waals surface area contributed by atoms with Crippen molar-refractivity contribution in [3.05, 3.63) is 0 Å². The Bertz CT molecular complexity index is 24.3. The van der Waals surface area contributed by atoms with Gasteiger partial charge in [0.25, 0.3) is 0 Å². The van der Waals surface area contributed by atoms with E-state index < -0.39 is 0 Å². The van der Waals surface area contributed by atoms with Crippen LogP contribution >= 0.6 is 0 Å². The molecule has 2 heterocycles. The normalized spacial score (nSPS) is 24.0. The summed E-state index contributed by atoms with van der Waals surface area (Å²) in [5, 5.41) is 3.00. The average Bonchev–Trinajstić information content (AvgIpc) is 2.31. The second-order valence-corrected chi connectivity index (χ2v) is 1.18. The van der Waals surface area contributed by atoms with E-state index in [1.807, 2.05) is 0 Å². The van der Waals surface area contributed by atoms with Gasteiger partial charge in [-0.3, -0.25) is 4.84 Å². The van der Waals surface area contributed by atoms with E-state index in [2.05, 4.69) is 15.6 Å². The van der Waals surface area contributed by atoms with Gasteiger partial charge in [0, 0.05) is 13.1 Å². The Morgan fingerprint density at radius 1 is 1.33 bits per heavy atom. The first-order chi connectivity index (χ1) is 3.00. The molecule has 2 aliphatic heterocycles. The molecule has 0 spiro atoms. The Morgan fingerprint density at radius 2 is 1.67 bits per heavy atom. The first-order valence-corrected chi connectivity index (χ1v) is 2.05. The van der Waals surface area contributed by atoms with Gasteiger partial charge in [-0.15, -0.1) is 0 Å². The average molecular weight is 88.1 g/mol. The molecule has 0 aromatic carbocycles. The second-order valence-electron chi connectivity index (χ2n) is 1.18. The third-order valence-electron chi connectivity index (χ3n) is 0.394. The van der Waals surface area contributed by atoms with E-state index >= 15 is 0 Å². The van der Waals surface area contributed by atoms with Crippen LogP contribution in [0.3, 0.4) is 0 Å². The summed E-state index contributed by atoms with van der Waals surface area (Å²) in [5.41, 5.74) is 2.50. The lowest BCUT2D eigenvalue weighted by molar-refractivity contribution is 0.412. The van der Waals surface area contributed by atoms with Crippen LogP contribution in [0.4, 0.5) is 0 Å². The van der Waals surface area contributed by atoms with Gasteiger partial charge in [0.1, 0.15) is 6.73 Å². The monoisotopic (exact) mass is 88.1 g/mol. The molecule has 0 amide bonds. The van der Waals surface area contributed by atoms with Crippen LogP contribution in [0.25, 0.3) is 0 Å². The number of hydrogen-bond donors (Lipinski definition) is 2. The van der Waals surface area contributed by atoms with E-state index in [4.69, 9.17) is 0 Å². The van der Waals surface area contributed by atoms with Crippen LogP contribution in [0.2, 0.25) is 0 Å². The molecular formula is C3H8N2O. The molecule has 0 aromatic rings. The highest BCUT2D eigenvalue weighted by molar-refractivity contribution is 4.58. The third kappa shape index (κ3) is 9.11. The van der Waals surface area contributed by atoms with Gasteiger partial charge in [-0.05, 0) is 0 Å². The minimum absolute atomic E-state index is 0.750. The summed E-state index contributed by atoms with van der Waals surface area (Å²) >= 11 is 0. The molecule has 6 heavy (non-hydrogen) atoms. The summed E-state index contributed by atoms with van der Waals surface area (Å²) in [7, 11) is 0. The zero-order chi connectivity index (χ0) is 4.24. The molecular weight excluding hydrogens is 80.0 g/mol. The predicted octanol–water partition coefficient (Wildman–Crippen LogP) is -0.932. The van der Waals surface area contributed by atoms with Gasteiger partial charge in [0.2, 0.25) is 0 Å². The largest absolute Gasteiger partial charge is 0.314 e. The summed E-state index contributed by atoms with van der Waals surface area (Å²) in [6, 6.07) is 0. The van der Waals surface area contributed by atoms with Gasteiger partial charge < -0.3 is 5.32 Å². The van der Waals surface area contributed by atoms with Crippen LogP contribution in [0, 0.1) is 0 Å². The SMILES string of the molecule is C1CN1.C1NO1. The Morgan fingerprint density at radius 3 is 1.67 bits per heavy atom. The molecule has 2 fully saturated rings. The summed E-state index contributed by atoms with van der Waals surface area (Å²) in [4.78, 5) is 4.25. The summed E-state index contributed by atoms with van der Waals surface area (Å²) in [6.07, 6.45) is 0. The molecule has 0 unspecified atom stereocenters. The number of nitrogens with one attached hydrogen (secondary N) is 2. The molecule has 2 saturated heterocycles. The summed E-state index contributed by atoms with van der Waals surface area (Å²) in [5.74, 6) is 0. The smallest absolute Gasteiger partial charge is 0.141 e. The maximum Gasteiger partial charge on any atom is 0.141 e. The fourth-order valence-corrected chi connectivity index (χ4v) is 0. The molecule has 2 aliphatic rings. The fraction of sp³-hybridized carbons (Fsp3) is 1.00. The summed E-state index contributed by atoms with van der Waals surface area (Å²) in [6.45, 7) is 3.25. The first kappa shape index (κ1) is 4.05. The van der Waals surface area contributed by atoms with Crippen molar-refractivity contribution < 1.29 is 4.84 Å². The van der Waals surface area contributed by atoms with Gasteiger partial charge in [-0.25, -0.2) is 0 Å². The quantitative estimate of drug-likeness (QED) is 0.376. The van der Waals surface area contributed by atoms with Crippen molar-refractivity contribution in [3.63, 3.8) is 0 Å². The molecule has 0 radical (unpaired) electrons. The molecule has 3 nitrogen and oxygen atoms in total. The van der Waals surface area contributed by atoms with Crippen LogP contribution in [-0.2, 0) is 4.84 Å². The Labute approximate surface area is 36.6 Å². The molecule has 2 rings (SSSR count). The standard InChI is InChI=1S/C2H5N.CH3NO/c2*1-2-3-1/h3H,1-2H2;2H,1H2. The van der Waals surface area contributed by atoms with Crippen molar-refractivity contribution in [1.82, 2.24) is 10.8 Å². The van der Waals surface area contributed by atoms with Gasteiger partial charge in [0.15, 0.2) is 0 Å². The molecule has 0 aromatic heterocycles. The number of hydroxylamine groups is 1. The lowest BCUT2D eigenvalue weighted by atomic mass is 11.0. The van der Waals surface area contributed by atoms with Crippen molar-refractivity contribution in [2.24, 2.45) is 0 Å². The Kier molecular flexibility index (Phi) is 1.43. The van der Waals surface area contributed by atoms with Crippen LogP contribution < -0.4 is 10.8 Å². The van der Waals surface area contributed by atoms with Gasteiger partial charge in [0.05, 0.1) is 0 Å². The van der Waals surface area contributed by atoms with Crippen molar-refractivity contribution >= 4 is 0 Å². The van der Waals surface area contributed by atoms with E-state index in [1.54, 1.807) is 0 Å². The van der Waals surface area contributed by atoms with Crippen molar-refractivity contribution in [3.8, 4) is 0 Å². The lowest BCUT2D eigenvalue weighted by Gasteiger charge is -1.23. The number of rotatable bonds is 0. The van der Waals surface area contributed by atoms with Crippen molar-refractivity contribution in [2.75, 3.05) is 19.8 Å². The fourth-order valence-electron chi connectivity index (χ4n) is 0. The highest BCUT2D eigenvalue weighted by Gasteiger charge is 1.91. The zero-order valence-electron chi connectivity index (χ0n) is 3.53. The highest BCUT2D eigenvalue weighted by atomic mass is 16.8. The van der Waals surface area contributed by atoms with E-state index in [-0.39, 0.29) is 0 Å². The van der Waals surface area contributed by atoms with Gasteiger partial charge in [-0.2, -0.15) is 5.48 Å². The predicted molar refractivity (Wildman–Crippen MR) is 22.0 cm³/mol. The third-order valence-corrected chi connectivity index (χ3v) is 0.394.